The summed E-state index contributed by atoms with van der Waals surface area (Å²) >= 11 is 0. The molecule has 1 atom stereocenters. The maximum Gasteiger partial charge on any atom is 0.163 e. The van der Waals surface area contributed by atoms with Crippen LogP contribution in [0.4, 0.5) is 5.82 Å². The second-order valence-electron chi connectivity index (χ2n) is 8.07. The molecular weight excluding hydrogens is 398 g/mol. The molecule has 6 heteroatoms. The highest BCUT2D eigenvalue weighted by atomic mass is 16.5. The second-order valence-corrected chi connectivity index (χ2v) is 8.07. The number of likely N-dealkylation sites (tertiary alicyclic amines) is 1. The number of methoxy groups -OCH3 is 1. The first-order valence-electron chi connectivity index (χ1n) is 11.1. The quantitative estimate of drug-likeness (QED) is 0.452. The predicted molar refractivity (Wildman–Crippen MR) is 128 cm³/mol. The Hall–Kier alpha value is -3.51. The highest BCUT2D eigenvalue weighted by Crippen LogP contribution is 2.30. The molecule has 2 aromatic heterocycles. The molecule has 162 valence electrons. The van der Waals surface area contributed by atoms with Gasteiger partial charge in [0.1, 0.15) is 11.6 Å². The minimum Gasteiger partial charge on any atom is -0.497 e. The van der Waals surface area contributed by atoms with Gasteiger partial charge in [0.2, 0.25) is 0 Å². The maximum absolute atomic E-state index is 5.49. The summed E-state index contributed by atoms with van der Waals surface area (Å²) in [6, 6.07) is 20.7. The van der Waals surface area contributed by atoms with Gasteiger partial charge in [0.15, 0.2) is 5.82 Å². The fourth-order valence-corrected chi connectivity index (χ4v) is 4.39. The average molecular weight is 426 g/mol. The van der Waals surface area contributed by atoms with Gasteiger partial charge in [-0.3, -0.25) is 9.88 Å². The zero-order chi connectivity index (χ0) is 21.8. The van der Waals surface area contributed by atoms with Gasteiger partial charge >= 0.3 is 0 Å². The fourth-order valence-electron chi connectivity index (χ4n) is 4.39. The van der Waals surface area contributed by atoms with Crippen LogP contribution in [0, 0.1) is 0 Å². The Morgan fingerprint density at radius 2 is 1.88 bits per heavy atom. The molecule has 2 aromatic carbocycles. The minimum atomic E-state index is 0.239. The third-order valence-corrected chi connectivity index (χ3v) is 6.05. The molecule has 32 heavy (non-hydrogen) atoms. The molecule has 1 aliphatic heterocycles. The summed E-state index contributed by atoms with van der Waals surface area (Å²) in [6.45, 7) is 2.96. The van der Waals surface area contributed by atoms with Gasteiger partial charge in [-0.15, -0.1) is 0 Å². The Balaban J connectivity index is 1.49. The standard InChI is InChI=1S/C26H27N5O/c1-32-21-10-6-8-19(16-21)24(31-14-4-5-15-31)18-28-26-22-11-2-3-12-23(22)29-25(30-26)20-9-7-13-27-17-20/h2-3,6-13,16-17,24H,4-5,14-15,18H2,1H3,(H,28,29,30)/t24-/m1/s1. The minimum absolute atomic E-state index is 0.239. The van der Waals surface area contributed by atoms with Crippen LogP contribution in [0.25, 0.3) is 22.3 Å². The molecule has 4 aromatic rings. The van der Waals surface area contributed by atoms with Gasteiger partial charge in [-0.2, -0.15) is 0 Å². The summed E-state index contributed by atoms with van der Waals surface area (Å²) in [5, 5.41) is 4.68. The van der Waals surface area contributed by atoms with E-state index in [4.69, 9.17) is 14.7 Å². The predicted octanol–water partition coefficient (Wildman–Crippen LogP) is 4.95. The average Bonchev–Trinajstić information content (AvgIpc) is 3.39. The van der Waals surface area contributed by atoms with Gasteiger partial charge in [0.25, 0.3) is 0 Å². The Morgan fingerprint density at radius 3 is 2.69 bits per heavy atom. The number of nitrogens with zero attached hydrogens (tertiary/aromatic N) is 4. The van der Waals surface area contributed by atoms with Crippen LogP contribution < -0.4 is 10.1 Å². The van der Waals surface area contributed by atoms with E-state index < -0.39 is 0 Å². The van der Waals surface area contributed by atoms with Crippen molar-refractivity contribution in [3.8, 4) is 17.1 Å². The number of hydrogen-bond acceptors (Lipinski definition) is 6. The van der Waals surface area contributed by atoms with Crippen molar-refractivity contribution in [3.05, 3.63) is 78.6 Å². The number of pyridine rings is 1. The molecule has 0 spiro atoms. The number of para-hydroxylation sites is 1. The van der Waals surface area contributed by atoms with Crippen molar-refractivity contribution in [2.75, 3.05) is 32.1 Å². The first-order chi connectivity index (χ1) is 15.8. The third kappa shape index (κ3) is 4.27. The second kappa shape index (κ2) is 9.32. The molecule has 1 aliphatic rings. The van der Waals surface area contributed by atoms with Crippen molar-refractivity contribution in [1.29, 1.82) is 0 Å². The number of rotatable bonds is 7. The van der Waals surface area contributed by atoms with Gasteiger partial charge in [-0.25, -0.2) is 9.97 Å². The van der Waals surface area contributed by atoms with Crippen LogP contribution in [0.15, 0.2) is 73.1 Å². The van der Waals surface area contributed by atoms with Crippen molar-refractivity contribution < 1.29 is 4.74 Å². The largest absolute Gasteiger partial charge is 0.497 e. The summed E-state index contributed by atoms with van der Waals surface area (Å²) < 4.78 is 5.49. The lowest BCUT2D eigenvalue weighted by molar-refractivity contribution is 0.255. The van der Waals surface area contributed by atoms with E-state index in [1.165, 1.54) is 18.4 Å². The van der Waals surface area contributed by atoms with Crippen LogP contribution in [-0.2, 0) is 0 Å². The topological polar surface area (TPSA) is 63.2 Å². The highest BCUT2D eigenvalue weighted by Gasteiger charge is 2.24. The summed E-state index contributed by atoms with van der Waals surface area (Å²) in [4.78, 5) is 16.4. The molecular formula is C26H27N5O. The zero-order valence-electron chi connectivity index (χ0n) is 18.2. The first-order valence-corrected chi connectivity index (χ1v) is 11.1. The number of fused-ring (bicyclic) bond motifs is 1. The number of benzene rings is 2. The molecule has 1 N–H and O–H groups in total. The molecule has 0 aliphatic carbocycles. The van der Waals surface area contributed by atoms with Crippen molar-refractivity contribution in [2.24, 2.45) is 0 Å². The monoisotopic (exact) mass is 425 g/mol. The van der Waals surface area contributed by atoms with E-state index in [-0.39, 0.29) is 6.04 Å². The number of hydrogen-bond donors (Lipinski definition) is 1. The lowest BCUT2D eigenvalue weighted by Gasteiger charge is -2.29. The van der Waals surface area contributed by atoms with Gasteiger partial charge in [0.05, 0.1) is 18.7 Å². The van der Waals surface area contributed by atoms with E-state index >= 15 is 0 Å². The van der Waals surface area contributed by atoms with Crippen LogP contribution in [-0.4, -0.2) is 46.6 Å². The lowest BCUT2D eigenvalue weighted by Crippen LogP contribution is -2.31. The third-order valence-electron chi connectivity index (χ3n) is 6.05. The van der Waals surface area contributed by atoms with Crippen LogP contribution in [0.3, 0.4) is 0 Å². The Labute approximate surface area is 188 Å². The van der Waals surface area contributed by atoms with Crippen LogP contribution in [0.5, 0.6) is 5.75 Å². The number of ether oxygens (including phenoxy) is 1. The van der Waals surface area contributed by atoms with Crippen LogP contribution in [0.1, 0.15) is 24.4 Å². The van der Waals surface area contributed by atoms with E-state index in [0.717, 1.165) is 47.7 Å². The molecule has 1 saturated heterocycles. The van der Waals surface area contributed by atoms with Gasteiger partial charge in [0, 0.05) is 29.9 Å². The molecule has 0 bridgehead atoms. The number of nitrogens with one attached hydrogen (secondary N) is 1. The summed E-state index contributed by atoms with van der Waals surface area (Å²) in [5.74, 6) is 2.41. The molecule has 5 rings (SSSR count). The van der Waals surface area contributed by atoms with Crippen LogP contribution in [0.2, 0.25) is 0 Å². The molecule has 1 fully saturated rings. The highest BCUT2D eigenvalue weighted by molar-refractivity contribution is 5.90. The smallest absolute Gasteiger partial charge is 0.163 e. The van der Waals surface area contributed by atoms with Gasteiger partial charge < -0.3 is 10.1 Å². The normalized spacial score (nSPS) is 15.0. The Kier molecular flexibility index (Phi) is 5.94. The number of aromatic nitrogens is 3. The van der Waals surface area contributed by atoms with E-state index in [9.17, 15) is 0 Å². The van der Waals surface area contributed by atoms with E-state index in [1.807, 2.05) is 36.4 Å². The first kappa shape index (κ1) is 20.4. The lowest BCUT2D eigenvalue weighted by atomic mass is 10.0. The Morgan fingerprint density at radius 1 is 1.00 bits per heavy atom. The van der Waals surface area contributed by atoms with E-state index in [2.05, 4.69) is 39.5 Å². The Bertz CT molecular complexity index is 1190. The summed E-state index contributed by atoms with van der Waals surface area (Å²) in [7, 11) is 1.72. The molecule has 0 amide bonds. The molecule has 0 unspecified atom stereocenters. The zero-order valence-corrected chi connectivity index (χ0v) is 18.2. The molecule has 0 radical (unpaired) electrons. The van der Waals surface area contributed by atoms with Crippen molar-refractivity contribution in [2.45, 2.75) is 18.9 Å². The van der Waals surface area contributed by atoms with Gasteiger partial charge in [-0.1, -0.05) is 24.3 Å². The van der Waals surface area contributed by atoms with E-state index in [1.54, 1.807) is 19.5 Å². The van der Waals surface area contributed by atoms with Crippen LogP contribution >= 0.6 is 0 Å². The fraction of sp³-hybridized carbons (Fsp3) is 0.269. The molecule has 0 saturated carbocycles. The summed E-state index contributed by atoms with van der Waals surface area (Å²) in [6.07, 6.45) is 6.04. The molecule has 3 heterocycles. The SMILES string of the molecule is COc1cccc([C@@H](CNc2nc(-c3cccnc3)nc3ccccc23)N2CCCC2)c1. The number of anilines is 1. The van der Waals surface area contributed by atoms with Crippen molar-refractivity contribution >= 4 is 16.7 Å². The maximum atomic E-state index is 5.49. The molecule has 6 nitrogen and oxygen atoms in total. The van der Waals surface area contributed by atoms with E-state index in [0.29, 0.717) is 5.82 Å². The van der Waals surface area contributed by atoms with Crippen molar-refractivity contribution in [1.82, 2.24) is 19.9 Å². The van der Waals surface area contributed by atoms with Crippen molar-refractivity contribution in [3.63, 3.8) is 0 Å². The van der Waals surface area contributed by atoms with Gasteiger partial charge in [-0.05, 0) is 67.9 Å². The summed E-state index contributed by atoms with van der Waals surface area (Å²) in [5.41, 5.74) is 3.08.